The summed E-state index contributed by atoms with van der Waals surface area (Å²) in [6.07, 6.45) is 6.22. The second-order valence-corrected chi connectivity index (χ2v) is 7.95. The molecule has 0 bridgehead atoms. The van der Waals surface area contributed by atoms with Gasteiger partial charge in [-0.1, -0.05) is 0 Å². The van der Waals surface area contributed by atoms with Crippen LogP contribution in [-0.2, 0) is 0 Å². The maximum absolute atomic E-state index is 6.00. The number of hydrogen-bond donors (Lipinski definition) is 4. The normalized spacial score (nSPS) is 15.8. The van der Waals surface area contributed by atoms with E-state index in [1.807, 2.05) is 25.1 Å². The molecule has 1 atom stereocenters. The number of hydrogen-bond acceptors (Lipinski definition) is 9. The van der Waals surface area contributed by atoms with Crippen LogP contribution in [0.5, 0.6) is 17.4 Å². The summed E-state index contributed by atoms with van der Waals surface area (Å²) in [7, 11) is 1.64. The van der Waals surface area contributed by atoms with Crippen LogP contribution < -0.4 is 30.6 Å². The van der Waals surface area contributed by atoms with Crippen molar-refractivity contribution < 1.29 is 14.2 Å². The van der Waals surface area contributed by atoms with Gasteiger partial charge in [-0.25, -0.2) is 0 Å². The van der Waals surface area contributed by atoms with Crippen LogP contribution in [0.25, 0.3) is 11.3 Å². The van der Waals surface area contributed by atoms with Gasteiger partial charge in [0.2, 0.25) is 5.88 Å². The summed E-state index contributed by atoms with van der Waals surface area (Å²) < 4.78 is 17.6. The fourth-order valence-electron chi connectivity index (χ4n) is 3.73. The lowest BCUT2D eigenvalue weighted by atomic mass is 10.1. The molecule has 0 spiro atoms. The molecular formula is C23H31N7O3. The van der Waals surface area contributed by atoms with Gasteiger partial charge < -0.3 is 30.6 Å². The van der Waals surface area contributed by atoms with Gasteiger partial charge in [-0.3, -0.25) is 10.1 Å². The summed E-state index contributed by atoms with van der Waals surface area (Å²) >= 11 is 0. The predicted molar refractivity (Wildman–Crippen MR) is 126 cm³/mol. The predicted octanol–water partition coefficient (Wildman–Crippen LogP) is 2.79. The maximum Gasteiger partial charge on any atom is 0.234 e. The topological polar surface area (TPSA) is 132 Å². The highest BCUT2D eigenvalue weighted by molar-refractivity contribution is 5.77. The van der Waals surface area contributed by atoms with E-state index in [4.69, 9.17) is 19.9 Å². The number of H-pyrrole nitrogens is 1. The minimum absolute atomic E-state index is 0.104. The Bertz CT molecular complexity index is 1050. The number of aromatic nitrogens is 4. The zero-order valence-corrected chi connectivity index (χ0v) is 19.1. The van der Waals surface area contributed by atoms with Gasteiger partial charge in [0.15, 0.2) is 11.6 Å². The molecule has 1 aliphatic heterocycles. The second kappa shape index (κ2) is 11.0. The largest absolute Gasteiger partial charge is 0.496 e. The van der Waals surface area contributed by atoms with Gasteiger partial charge in [-0.2, -0.15) is 10.1 Å². The number of rotatable bonds is 10. The van der Waals surface area contributed by atoms with Crippen LogP contribution in [0.15, 0.2) is 30.6 Å². The molecule has 5 N–H and O–H groups in total. The molecule has 0 amide bonds. The Balaban J connectivity index is 1.52. The molecule has 1 saturated heterocycles. The van der Waals surface area contributed by atoms with Gasteiger partial charge in [0.05, 0.1) is 37.4 Å². The van der Waals surface area contributed by atoms with Gasteiger partial charge in [-0.15, -0.1) is 0 Å². The summed E-state index contributed by atoms with van der Waals surface area (Å²) in [5, 5.41) is 14.0. The lowest BCUT2D eigenvalue weighted by molar-refractivity contribution is 0.160. The van der Waals surface area contributed by atoms with Gasteiger partial charge in [0.25, 0.3) is 0 Å². The van der Waals surface area contributed by atoms with E-state index in [-0.39, 0.29) is 6.10 Å². The maximum atomic E-state index is 6.00. The van der Waals surface area contributed by atoms with E-state index in [2.05, 4.69) is 30.8 Å². The standard InChI is InChI=1S/C23H31N7O3/c1-15-9-18(31-2)23(19(10-15)32-8-4-6-24)17-11-20(30-29-17)27-21-13-26-14-22(28-21)33-16-5-3-7-25-12-16/h9-11,13-14,16,25H,3-8,12,24H2,1-2H3,(H2,27,28,29,30)/t16-/m1/s1. The number of anilines is 2. The van der Waals surface area contributed by atoms with E-state index in [1.165, 1.54) is 0 Å². The molecule has 176 valence electrons. The fourth-order valence-corrected chi connectivity index (χ4v) is 3.73. The van der Waals surface area contributed by atoms with Gasteiger partial charge >= 0.3 is 0 Å². The Hall–Kier alpha value is -3.37. The third-order valence-electron chi connectivity index (χ3n) is 5.29. The average Bonchev–Trinajstić information content (AvgIpc) is 3.27. The zero-order chi connectivity index (χ0) is 23.0. The zero-order valence-electron chi connectivity index (χ0n) is 19.1. The van der Waals surface area contributed by atoms with Crippen molar-refractivity contribution in [1.29, 1.82) is 0 Å². The SMILES string of the molecule is COc1cc(C)cc(OCCCN)c1-c1cc(Nc2cncc(O[C@@H]3CCCNC3)n2)n[nH]1. The summed E-state index contributed by atoms with van der Waals surface area (Å²) in [6.45, 7) is 4.93. The van der Waals surface area contributed by atoms with Crippen molar-refractivity contribution in [2.45, 2.75) is 32.3 Å². The molecule has 1 fully saturated rings. The van der Waals surface area contributed by atoms with Gasteiger partial charge in [0.1, 0.15) is 17.6 Å². The molecule has 3 aromatic rings. The Labute approximate surface area is 193 Å². The Morgan fingerprint density at radius 2 is 2.06 bits per heavy atom. The van der Waals surface area contributed by atoms with Gasteiger partial charge in [0, 0.05) is 12.6 Å². The van der Waals surface area contributed by atoms with Crippen LogP contribution in [-0.4, -0.2) is 59.6 Å². The van der Waals surface area contributed by atoms with E-state index >= 15 is 0 Å². The number of nitrogens with one attached hydrogen (secondary N) is 3. The number of aromatic amines is 1. The first kappa shape index (κ1) is 22.8. The first-order chi connectivity index (χ1) is 16.2. The Morgan fingerprint density at radius 1 is 1.18 bits per heavy atom. The van der Waals surface area contributed by atoms with Crippen LogP contribution >= 0.6 is 0 Å². The highest BCUT2D eigenvalue weighted by Crippen LogP contribution is 2.39. The first-order valence-corrected chi connectivity index (χ1v) is 11.2. The summed E-state index contributed by atoms with van der Waals surface area (Å²) in [4.78, 5) is 8.76. The van der Waals surface area contributed by atoms with Crippen LogP contribution in [0, 0.1) is 6.92 Å². The van der Waals surface area contributed by atoms with Crippen molar-refractivity contribution in [3.63, 3.8) is 0 Å². The van der Waals surface area contributed by atoms with Crippen molar-refractivity contribution in [2.75, 3.05) is 38.7 Å². The molecule has 0 saturated carbocycles. The van der Waals surface area contributed by atoms with Crippen molar-refractivity contribution >= 4 is 11.6 Å². The summed E-state index contributed by atoms with van der Waals surface area (Å²) in [6, 6.07) is 5.82. The molecule has 0 aliphatic carbocycles. The minimum Gasteiger partial charge on any atom is -0.496 e. The molecule has 1 aliphatic rings. The number of benzene rings is 1. The van der Waals surface area contributed by atoms with Crippen molar-refractivity contribution in [1.82, 2.24) is 25.5 Å². The first-order valence-electron chi connectivity index (χ1n) is 11.2. The smallest absolute Gasteiger partial charge is 0.234 e. The lowest BCUT2D eigenvalue weighted by Crippen LogP contribution is -2.37. The summed E-state index contributed by atoms with van der Waals surface area (Å²) in [5.74, 6) is 3.03. The highest BCUT2D eigenvalue weighted by atomic mass is 16.5. The fraction of sp³-hybridized carbons (Fsp3) is 0.435. The van der Waals surface area contributed by atoms with Gasteiger partial charge in [-0.05, 0) is 57.0 Å². The second-order valence-electron chi connectivity index (χ2n) is 7.95. The van der Waals surface area contributed by atoms with Crippen LogP contribution in [0.1, 0.15) is 24.8 Å². The molecule has 0 radical (unpaired) electrons. The van der Waals surface area contributed by atoms with Crippen molar-refractivity contribution in [3.8, 4) is 28.6 Å². The van der Waals surface area contributed by atoms with Crippen LogP contribution in [0.4, 0.5) is 11.6 Å². The molecule has 10 heteroatoms. The molecule has 0 unspecified atom stereocenters. The molecule has 10 nitrogen and oxygen atoms in total. The Kier molecular flexibility index (Phi) is 7.59. The number of aryl methyl sites for hydroxylation is 1. The molecule has 4 rings (SSSR count). The molecular weight excluding hydrogens is 422 g/mol. The molecule has 33 heavy (non-hydrogen) atoms. The summed E-state index contributed by atoms with van der Waals surface area (Å²) in [5.41, 5.74) is 8.21. The van der Waals surface area contributed by atoms with E-state index < -0.39 is 0 Å². The number of nitrogens with two attached hydrogens (primary N) is 1. The molecule has 3 heterocycles. The molecule has 1 aromatic carbocycles. The van der Waals surface area contributed by atoms with E-state index in [0.29, 0.717) is 42.2 Å². The van der Waals surface area contributed by atoms with Crippen molar-refractivity contribution in [3.05, 3.63) is 36.2 Å². The highest BCUT2D eigenvalue weighted by Gasteiger charge is 2.18. The van der Waals surface area contributed by atoms with E-state index in [1.54, 1.807) is 19.5 Å². The third-order valence-corrected chi connectivity index (χ3v) is 5.29. The average molecular weight is 454 g/mol. The Morgan fingerprint density at radius 3 is 2.85 bits per heavy atom. The monoisotopic (exact) mass is 453 g/mol. The lowest BCUT2D eigenvalue weighted by Gasteiger charge is -2.23. The number of ether oxygens (including phenoxy) is 3. The van der Waals surface area contributed by atoms with E-state index in [0.717, 1.165) is 49.2 Å². The minimum atomic E-state index is 0.104. The number of piperidine rings is 1. The quantitative estimate of drug-likeness (QED) is 0.342. The van der Waals surface area contributed by atoms with Crippen LogP contribution in [0.2, 0.25) is 0 Å². The number of methoxy groups -OCH3 is 1. The third kappa shape index (κ3) is 5.91. The van der Waals surface area contributed by atoms with Crippen molar-refractivity contribution in [2.24, 2.45) is 5.73 Å². The molecule has 2 aromatic heterocycles. The van der Waals surface area contributed by atoms with Crippen LogP contribution in [0.3, 0.4) is 0 Å². The number of nitrogens with zero attached hydrogens (tertiary/aromatic N) is 3. The van der Waals surface area contributed by atoms with E-state index in [9.17, 15) is 0 Å².